The molecule has 108 valence electrons. The molecule has 1 aromatic carbocycles. The molecular weight excluding hydrogens is 330 g/mol. The van der Waals surface area contributed by atoms with Gasteiger partial charge in [-0.3, -0.25) is 4.79 Å². The van der Waals surface area contributed by atoms with Crippen LogP contribution >= 0.6 is 15.9 Å². The Morgan fingerprint density at radius 1 is 1.40 bits per heavy atom. The molecule has 0 spiro atoms. The quantitative estimate of drug-likeness (QED) is 0.735. The number of carboxylic acids is 1. The predicted molar refractivity (Wildman–Crippen MR) is 76.7 cm³/mol. The third kappa shape index (κ3) is 4.93. The van der Waals surface area contributed by atoms with Crippen molar-refractivity contribution in [2.45, 2.75) is 6.92 Å². The number of hydrogen-bond donors (Lipinski definition) is 2. The number of rotatable bonds is 7. The Kier molecular flexibility index (Phi) is 6.05. The van der Waals surface area contributed by atoms with E-state index in [-0.39, 0.29) is 6.61 Å². The number of nitrogens with two attached hydrogens (primary N) is 1. The molecule has 7 heteroatoms. The molecule has 0 atom stereocenters. The van der Waals surface area contributed by atoms with Crippen LogP contribution in [0.3, 0.4) is 0 Å². The Hall–Kier alpha value is -2.02. The smallest absolute Gasteiger partial charge is 0.328 e. The number of benzene rings is 1. The minimum atomic E-state index is -1.05. The zero-order valence-electron chi connectivity index (χ0n) is 10.8. The van der Waals surface area contributed by atoms with Crippen LogP contribution in [0.5, 0.6) is 11.5 Å². The van der Waals surface area contributed by atoms with E-state index in [1.54, 1.807) is 19.1 Å². The molecule has 0 bridgehead atoms. The van der Waals surface area contributed by atoms with Gasteiger partial charge in [0.05, 0.1) is 11.1 Å². The van der Waals surface area contributed by atoms with E-state index in [4.69, 9.17) is 20.3 Å². The minimum Gasteiger partial charge on any atom is -0.490 e. The zero-order valence-corrected chi connectivity index (χ0v) is 12.3. The van der Waals surface area contributed by atoms with Gasteiger partial charge >= 0.3 is 5.97 Å². The molecule has 20 heavy (non-hydrogen) atoms. The standard InChI is InChI=1S/C13H14BrNO5/c1-2-19-10-6-8(3-4-12(17)18)5-9(14)13(10)20-7-11(15)16/h3-6H,2,7H2,1H3,(H2,15,16)(H,17,18). The maximum Gasteiger partial charge on any atom is 0.328 e. The maximum atomic E-state index is 10.8. The summed E-state index contributed by atoms with van der Waals surface area (Å²) in [7, 11) is 0. The van der Waals surface area contributed by atoms with Crippen molar-refractivity contribution < 1.29 is 24.2 Å². The van der Waals surface area contributed by atoms with E-state index in [2.05, 4.69) is 15.9 Å². The largest absolute Gasteiger partial charge is 0.490 e. The lowest BCUT2D eigenvalue weighted by atomic mass is 10.2. The molecule has 3 N–H and O–H groups in total. The summed E-state index contributed by atoms with van der Waals surface area (Å²) < 4.78 is 11.2. The first-order valence-corrected chi connectivity index (χ1v) is 6.51. The van der Waals surface area contributed by atoms with Gasteiger partial charge < -0.3 is 20.3 Å². The number of carbonyl (C=O) groups excluding carboxylic acids is 1. The second-order valence-corrected chi connectivity index (χ2v) is 4.54. The topological polar surface area (TPSA) is 98.8 Å². The lowest BCUT2D eigenvalue weighted by Gasteiger charge is -2.13. The molecule has 0 aliphatic rings. The van der Waals surface area contributed by atoms with Crippen molar-refractivity contribution >= 4 is 33.9 Å². The van der Waals surface area contributed by atoms with Crippen molar-refractivity contribution in [3.8, 4) is 11.5 Å². The van der Waals surface area contributed by atoms with Gasteiger partial charge in [0.15, 0.2) is 18.1 Å². The number of carbonyl (C=O) groups is 2. The van der Waals surface area contributed by atoms with Crippen LogP contribution in [0.25, 0.3) is 6.08 Å². The van der Waals surface area contributed by atoms with Crippen molar-refractivity contribution in [1.82, 2.24) is 0 Å². The Morgan fingerprint density at radius 2 is 2.10 bits per heavy atom. The Morgan fingerprint density at radius 3 is 2.65 bits per heavy atom. The third-order valence-corrected chi connectivity index (χ3v) is 2.70. The molecule has 6 nitrogen and oxygen atoms in total. The molecule has 0 aliphatic heterocycles. The monoisotopic (exact) mass is 343 g/mol. The Bertz CT molecular complexity index is 542. The second-order valence-electron chi connectivity index (χ2n) is 3.69. The van der Waals surface area contributed by atoms with Crippen LogP contribution < -0.4 is 15.2 Å². The van der Waals surface area contributed by atoms with Crippen LogP contribution in [-0.2, 0) is 9.59 Å². The maximum absolute atomic E-state index is 10.8. The van der Waals surface area contributed by atoms with Crippen LogP contribution in [0.2, 0.25) is 0 Å². The number of primary amides is 1. The summed E-state index contributed by atoms with van der Waals surface area (Å²) in [4.78, 5) is 21.3. The molecule has 1 aromatic rings. The minimum absolute atomic E-state index is 0.275. The molecule has 0 heterocycles. The molecule has 1 amide bonds. The summed E-state index contributed by atoms with van der Waals surface area (Å²) >= 11 is 3.29. The van der Waals surface area contributed by atoms with E-state index in [0.717, 1.165) is 6.08 Å². The highest BCUT2D eigenvalue weighted by Gasteiger charge is 2.12. The van der Waals surface area contributed by atoms with Crippen molar-refractivity contribution in [2.24, 2.45) is 5.73 Å². The van der Waals surface area contributed by atoms with Crippen LogP contribution in [0, 0.1) is 0 Å². The number of aliphatic carboxylic acids is 1. The molecule has 0 aromatic heterocycles. The first-order chi connectivity index (χ1) is 9.43. The summed E-state index contributed by atoms with van der Waals surface area (Å²) in [6.45, 7) is 1.92. The van der Waals surface area contributed by atoms with Gasteiger partial charge in [0.25, 0.3) is 5.91 Å². The average molecular weight is 344 g/mol. The van der Waals surface area contributed by atoms with E-state index in [9.17, 15) is 9.59 Å². The number of carboxylic acid groups (broad SMARTS) is 1. The highest BCUT2D eigenvalue weighted by atomic mass is 79.9. The molecular formula is C13H14BrNO5. The third-order valence-electron chi connectivity index (χ3n) is 2.11. The lowest BCUT2D eigenvalue weighted by molar-refractivity contribution is -0.131. The van der Waals surface area contributed by atoms with Gasteiger partial charge in [0.1, 0.15) is 0 Å². The Balaban J connectivity index is 3.10. The van der Waals surface area contributed by atoms with Gasteiger partial charge in [-0.2, -0.15) is 0 Å². The van der Waals surface area contributed by atoms with Crippen molar-refractivity contribution in [2.75, 3.05) is 13.2 Å². The van der Waals surface area contributed by atoms with Gasteiger partial charge in [-0.15, -0.1) is 0 Å². The van der Waals surface area contributed by atoms with Gasteiger partial charge in [0, 0.05) is 6.08 Å². The average Bonchev–Trinajstić information content (AvgIpc) is 2.35. The first kappa shape index (κ1) is 16.0. The number of halogens is 1. The number of hydrogen-bond acceptors (Lipinski definition) is 4. The fraction of sp³-hybridized carbons (Fsp3) is 0.231. The summed E-state index contributed by atoms with van der Waals surface area (Å²) in [5, 5.41) is 8.61. The molecule has 1 rings (SSSR count). The van der Waals surface area contributed by atoms with Gasteiger partial charge in [0.2, 0.25) is 0 Å². The molecule has 0 saturated carbocycles. The van der Waals surface area contributed by atoms with Crippen molar-refractivity contribution in [3.63, 3.8) is 0 Å². The van der Waals surface area contributed by atoms with Crippen molar-refractivity contribution in [3.05, 3.63) is 28.2 Å². The Labute approximate surface area is 124 Å². The van der Waals surface area contributed by atoms with Gasteiger partial charge in [-0.05, 0) is 46.6 Å². The predicted octanol–water partition coefficient (Wildman–Crippen LogP) is 1.81. The lowest BCUT2D eigenvalue weighted by Crippen LogP contribution is -2.20. The summed E-state index contributed by atoms with van der Waals surface area (Å²) in [6, 6.07) is 3.27. The molecule has 0 aliphatic carbocycles. The SMILES string of the molecule is CCOc1cc(C=CC(=O)O)cc(Br)c1OCC(N)=O. The second kappa shape index (κ2) is 7.54. The normalized spacial score (nSPS) is 10.5. The fourth-order valence-corrected chi connectivity index (χ4v) is 1.97. The number of amides is 1. The van der Waals surface area contributed by atoms with Crippen molar-refractivity contribution in [1.29, 1.82) is 0 Å². The molecule has 0 unspecified atom stereocenters. The highest BCUT2D eigenvalue weighted by Crippen LogP contribution is 2.37. The van der Waals surface area contributed by atoms with Crippen LogP contribution in [0.4, 0.5) is 0 Å². The van der Waals surface area contributed by atoms with Gasteiger partial charge in [-0.25, -0.2) is 4.79 Å². The molecule has 0 fully saturated rings. The number of ether oxygens (including phenoxy) is 2. The van der Waals surface area contributed by atoms with Crippen LogP contribution in [-0.4, -0.2) is 30.2 Å². The molecule has 0 saturated heterocycles. The van der Waals surface area contributed by atoms with E-state index >= 15 is 0 Å². The van der Waals surface area contributed by atoms with Crippen LogP contribution in [0.1, 0.15) is 12.5 Å². The zero-order chi connectivity index (χ0) is 15.1. The summed E-state index contributed by atoms with van der Waals surface area (Å²) in [5.41, 5.74) is 5.65. The fourth-order valence-electron chi connectivity index (χ4n) is 1.40. The van der Waals surface area contributed by atoms with E-state index in [0.29, 0.717) is 28.1 Å². The summed E-state index contributed by atoms with van der Waals surface area (Å²) in [6.07, 6.45) is 2.44. The van der Waals surface area contributed by atoms with Gasteiger partial charge in [-0.1, -0.05) is 0 Å². The molecule has 0 radical (unpaired) electrons. The van der Waals surface area contributed by atoms with E-state index in [1.165, 1.54) is 6.08 Å². The van der Waals surface area contributed by atoms with E-state index < -0.39 is 11.9 Å². The highest BCUT2D eigenvalue weighted by molar-refractivity contribution is 9.10. The van der Waals surface area contributed by atoms with E-state index in [1.807, 2.05) is 0 Å². The first-order valence-electron chi connectivity index (χ1n) is 5.72. The summed E-state index contributed by atoms with van der Waals surface area (Å²) in [5.74, 6) is -0.909. The van der Waals surface area contributed by atoms with Crippen LogP contribution in [0.15, 0.2) is 22.7 Å².